The fourth-order valence-corrected chi connectivity index (χ4v) is 4.93. The third-order valence-electron chi connectivity index (χ3n) is 6.46. The second kappa shape index (κ2) is 10.7. The molecular weight excluding hydrogens is 446 g/mol. The monoisotopic (exact) mass is 477 g/mol. The number of amides is 4. The number of nitrogens with zero attached hydrogens (tertiary/aromatic N) is 2. The van der Waals surface area contributed by atoms with Crippen molar-refractivity contribution in [2.45, 2.75) is 45.1 Å². The summed E-state index contributed by atoms with van der Waals surface area (Å²) in [6, 6.07) is 6.83. The first-order valence-corrected chi connectivity index (χ1v) is 11.8. The van der Waals surface area contributed by atoms with Crippen molar-refractivity contribution < 1.29 is 23.9 Å². The number of methoxy groups -OCH3 is 1. The van der Waals surface area contributed by atoms with E-state index in [0.29, 0.717) is 31.0 Å². The van der Waals surface area contributed by atoms with Crippen molar-refractivity contribution in [3.05, 3.63) is 34.9 Å². The average Bonchev–Trinajstić information content (AvgIpc) is 3.02. The van der Waals surface area contributed by atoms with Gasteiger partial charge in [-0.1, -0.05) is 43.6 Å². The molecule has 2 aliphatic rings. The van der Waals surface area contributed by atoms with Crippen LogP contribution in [0.25, 0.3) is 0 Å². The average molecular weight is 478 g/mol. The number of carbonyl (C=O) groups excluding carboxylic acids is 4. The summed E-state index contributed by atoms with van der Waals surface area (Å²) in [6.07, 6.45) is 1.47. The van der Waals surface area contributed by atoms with Gasteiger partial charge in [-0.15, -0.1) is 0 Å². The summed E-state index contributed by atoms with van der Waals surface area (Å²) < 4.78 is 5.07. The smallest absolute Gasteiger partial charge is 0.325 e. The quantitative estimate of drug-likeness (QED) is 0.435. The van der Waals surface area contributed by atoms with Gasteiger partial charge in [0.25, 0.3) is 11.8 Å². The van der Waals surface area contributed by atoms with Crippen LogP contribution in [0.4, 0.5) is 4.79 Å². The predicted molar refractivity (Wildman–Crippen MR) is 124 cm³/mol. The molecule has 0 spiro atoms. The minimum Gasteiger partial charge on any atom is -0.383 e. The zero-order chi connectivity index (χ0) is 24.2. The number of halogens is 1. The van der Waals surface area contributed by atoms with Gasteiger partial charge < -0.3 is 15.0 Å². The second-order valence-corrected chi connectivity index (χ2v) is 9.61. The van der Waals surface area contributed by atoms with E-state index < -0.39 is 17.5 Å². The fourth-order valence-electron chi connectivity index (χ4n) is 4.72. The Balaban J connectivity index is 1.82. The first-order chi connectivity index (χ1) is 15.7. The minimum absolute atomic E-state index is 0.113. The van der Waals surface area contributed by atoms with E-state index >= 15 is 0 Å². The van der Waals surface area contributed by atoms with Gasteiger partial charge in [0.1, 0.15) is 5.54 Å². The van der Waals surface area contributed by atoms with Gasteiger partial charge >= 0.3 is 6.03 Å². The molecule has 3 rings (SSSR count). The van der Waals surface area contributed by atoms with Crippen molar-refractivity contribution in [2.75, 3.05) is 33.4 Å². The summed E-state index contributed by atoms with van der Waals surface area (Å²) in [5.41, 5.74) is -0.389. The number of carbonyl (C=O) groups is 4. The number of urea groups is 1. The molecule has 1 aromatic rings. The second-order valence-electron chi connectivity index (χ2n) is 9.21. The van der Waals surface area contributed by atoms with Crippen LogP contribution in [-0.2, 0) is 25.5 Å². The molecule has 1 N–H and O–H groups in total. The van der Waals surface area contributed by atoms with Gasteiger partial charge in [-0.3, -0.25) is 19.3 Å². The molecule has 2 fully saturated rings. The molecule has 0 radical (unpaired) electrons. The Bertz CT molecular complexity index is 913. The van der Waals surface area contributed by atoms with E-state index in [2.05, 4.69) is 5.32 Å². The lowest BCUT2D eigenvalue weighted by molar-refractivity contribution is -0.146. The van der Waals surface area contributed by atoms with Gasteiger partial charge in [-0.2, -0.15) is 0 Å². The summed E-state index contributed by atoms with van der Waals surface area (Å²) in [7, 11) is 1.52. The number of hydrogen-bond donors (Lipinski definition) is 1. The number of ketones is 1. The van der Waals surface area contributed by atoms with Crippen molar-refractivity contribution in [3.8, 4) is 0 Å². The van der Waals surface area contributed by atoms with Crippen molar-refractivity contribution in [1.82, 2.24) is 15.1 Å². The van der Waals surface area contributed by atoms with Gasteiger partial charge in [-0.05, 0) is 36.3 Å². The molecule has 0 bridgehead atoms. The summed E-state index contributed by atoms with van der Waals surface area (Å²) >= 11 is 6.40. The molecule has 33 heavy (non-hydrogen) atoms. The zero-order valence-electron chi connectivity index (χ0n) is 19.4. The molecule has 4 amide bonds. The Kier molecular flexibility index (Phi) is 8.13. The standard InChI is InChI=1S/C24H32ClN3O5/c1-16(2)14-20(29)21(30)27-10-8-18(9-11-27)24(15-17-6-4-5-7-19(17)25)22(31)28(12-13-33-3)23(32)26-24/h4-7,16,18H,8-15H2,1-3H3,(H,26,32). The zero-order valence-corrected chi connectivity index (χ0v) is 20.2. The van der Waals surface area contributed by atoms with Gasteiger partial charge in [0.05, 0.1) is 13.2 Å². The van der Waals surface area contributed by atoms with E-state index in [4.69, 9.17) is 16.3 Å². The normalized spacial score (nSPS) is 21.6. The Morgan fingerprint density at radius 1 is 1.21 bits per heavy atom. The third kappa shape index (κ3) is 5.38. The molecule has 0 saturated carbocycles. The Morgan fingerprint density at radius 2 is 1.88 bits per heavy atom. The molecule has 1 atom stereocenters. The first-order valence-electron chi connectivity index (χ1n) is 11.4. The van der Waals surface area contributed by atoms with Crippen LogP contribution in [0, 0.1) is 11.8 Å². The number of imide groups is 1. The molecule has 2 heterocycles. The van der Waals surface area contributed by atoms with Gasteiger partial charge in [0.15, 0.2) is 0 Å². The lowest BCUT2D eigenvalue weighted by Crippen LogP contribution is -2.58. The molecule has 8 nitrogen and oxygen atoms in total. The van der Waals surface area contributed by atoms with Crippen LogP contribution in [-0.4, -0.2) is 72.3 Å². The first kappa shape index (κ1) is 25.2. The molecule has 0 aromatic heterocycles. The molecule has 1 unspecified atom stereocenters. The van der Waals surface area contributed by atoms with E-state index in [9.17, 15) is 19.2 Å². The van der Waals surface area contributed by atoms with Crippen molar-refractivity contribution in [1.29, 1.82) is 0 Å². The number of Topliss-reactive ketones (excluding diaryl/α,β-unsaturated/α-hetero) is 1. The number of rotatable bonds is 9. The van der Waals surface area contributed by atoms with E-state index in [1.54, 1.807) is 11.0 Å². The van der Waals surface area contributed by atoms with E-state index in [1.165, 1.54) is 12.0 Å². The summed E-state index contributed by atoms with van der Waals surface area (Å²) in [6.45, 7) is 4.93. The highest BCUT2D eigenvalue weighted by molar-refractivity contribution is 6.36. The number of piperidine rings is 1. The number of ether oxygens (including phenoxy) is 1. The van der Waals surface area contributed by atoms with Crippen LogP contribution in [0.1, 0.15) is 38.7 Å². The maximum absolute atomic E-state index is 13.6. The SMILES string of the molecule is COCCN1C(=O)NC(Cc2ccccc2Cl)(C2CCN(C(=O)C(=O)CC(C)C)CC2)C1=O. The van der Waals surface area contributed by atoms with Gasteiger partial charge in [0.2, 0.25) is 5.78 Å². The van der Waals surface area contributed by atoms with Gasteiger partial charge in [0, 0.05) is 38.1 Å². The van der Waals surface area contributed by atoms with E-state index in [1.807, 2.05) is 32.0 Å². The van der Waals surface area contributed by atoms with Crippen LogP contribution in [0.2, 0.25) is 5.02 Å². The molecule has 2 saturated heterocycles. The predicted octanol–water partition coefficient (Wildman–Crippen LogP) is 2.67. The number of nitrogens with one attached hydrogen (secondary N) is 1. The lowest BCUT2D eigenvalue weighted by atomic mass is 9.73. The Morgan fingerprint density at radius 3 is 2.48 bits per heavy atom. The Hall–Kier alpha value is -2.45. The lowest BCUT2D eigenvalue weighted by Gasteiger charge is -2.41. The molecule has 9 heteroatoms. The van der Waals surface area contributed by atoms with E-state index in [0.717, 1.165) is 5.56 Å². The van der Waals surface area contributed by atoms with Crippen LogP contribution >= 0.6 is 11.6 Å². The maximum atomic E-state index is 13.6. The van der Waals surface area contributed by atoms with Crippen molar-refractivity contribution in [3.63, 3.8) is 0 Å². The highest BCUT2D eigenvalue weighted by Gasteiger charge is 2.56. The molecule has 0 aliphatic carbocycles. The van der Waals surface area contributed by atoms with E-state index in [-0.39, 0.29) is 49.5 Å². The van der Waals surface area contributed by atoms with Crippen LogP contribution in [0.5, 0.6) is 0 Å². The molecule has 180 valence electrons. The summed E-state index contributed by atoms with van der Waals surface area (Å²) in [4.78, 5) is 54.0. The molecule has 2 aliphatic heterocycles. The van der Waals surface area contributed by atoms with Gasteiger partial charge in [-0.25, -0.2) is 4.79 Å². The topological polar surface area (TPSA) is 96.0 Å². The Labute approximate surface area is 199 Å². The highest BCUT2D eigenvalue weighted by Crippen LogP contribution is 2.37. The molecule has 1 aromatic carbocycles. The van der Waals surface area contributed by atoms with Crippen molar-refractivity contribution >= 4 is 35.2 Å². The number of hydrogen-bond acceptors (Lipinski definition) is 5. The third-order valence-corrected chi connectivity index (χ3v) is 6.83. The maximum Gasteiger partial charge on any atom is 0.325 e. The van der Waals surface area contributed by atoms with Crippen LogP contribution in [0.15, 0.2) is 24.3 Å². The highest BCUT2D eigenvalue weighted by atomic mass is 35.5. The largest absolute Gasteiger partial charge is 0.383 e. The summed E-state index contributed by atoms with van der Waals surface area (Å²) in [5.74, 6) is -1.24. The van der Waals surface area contributed by atoms with Crippen LogP contribution < -0.4 is 5.32 Å². The van der Waals surface area contributed by atoms with Crippen LogP contribution in [0.3, 0.4) is 0 Å². The minimum atomic E-state index is -1.16. The summed E-state index contributed by atoms with van der Waals surface area (Å²) in [5, 5.41) is 3.50. The van der Waals surface area contributed by atoms with Crippen molar-refractivity contribution in [2.24, 2.45) is 11.8 Å². The fraction of sp³-hybridized carbons (Fsp3) is 0.583. The number of likely N-dealkylation sites (tertiary alicyclic amines) is 1. The molecular formula is C24H32ClN3O5. The number of benzene rings is 1.